The first kappa shape index (κ1) is 33.8. The third-order valence-corrected chi connectivity index (χ3v) is 11.8. The molecule has 0 bridgehead atoms. The fraction of sp³-hybridized carbons (Fsp3) is 0. The Morgan fingerprint density at radius 2 is 0.638 bits per heavy atom. The maximum absolute atomic E-state index is 2.46. The summed E-state index contributed by atoms with van der Waals surface area (Å²) in [6.07, 6.45) is 4.38. The van der Waals surface area contributed by atoms with E-state index in [0.717, 1.165) is 0 Å². The molecule has 270 valence electrons. The van der Waals surface area contributed by atoms with Crippen molar-refractivity contribution in [1.82, 2.24) is 0 Å². The van der Waals surface area contributed by atoms with Crippen LogP contribution in [0.25, 0.3) is 111 Å². The van der Waals surface area contributed by atoms with Crippen LogP contribution in [0.15, 0.2) is 218 Å². The van der Waals surface area contributed by atoms with Crippen LogP contribution in [0, 0.1) is 0 Å². The highest BCUT2D eigenvalue weighted by molar-refractivity contribution is 6.26. The maximum Gasteiger partial charge on any atom is -0.00199 e. The molecule has 11 rings (SSSR count). The second-order valence-corrected chi connectivity index (χ2v) is 15.2. The fourth-order valence-corrected chi connectivity index (χ4v) is 9.19. The van der Waals surface area contributed by atoms with Crippen LogP contribution in [0.2, 0.25) is 0 Å². The summed E-state index contributed by atoms with van der Waals surface area (Å²) < 4.78 is 0. The van der Waals surface area contributed by atoms with Crippen molar-refractivity contribution in [2.75, 3.05) is 0 Å². The summed E-state index contributed by atoms with van der Waals surface area (Å²) in [5.74, 6) is 0. The van der Waals surface area contributed by atoms with Crippen molar-refractivity contribution in [3.05, 3.63) is 230 Å². The first-order valence-electron chi connectivity index (χ1n) is 20.1. The summed E-state index contributed by atoms with van der Waals surface area (Å²) >= 11 is 0. The molecule has 0 fully saturated rings. The SMILES string of the molecule is C(=Cc1cccc(-c2cccc3c(-c4ccc5c(-c6cccc7ccccc67)c6ccccc6c(-c6cccc7ccccc67)c5c4)cccc23)c1)c1ccccc1. The van der Waals surface area contributed by atoms with E-state index >= 15 is 0 Å². The van der Waals surface area contributed by atoms with Gasteiger partial charge in [-0.05, 0) is 122 Å². The zero-order chi connectivity index (χ0) is 38.4. The molecule has 58 heavy (non-hydrogen) atoms. The average molecular weight is 735 g/mol. The zero-order valence-electron chi connectivity index (χ0n) is 31.9. The van der Waals surface area contributed by atoms with Crippen LogP contribution in [0.5, 0.6) is 0 Å². The highest BCUT2D eigenvalue weighted by atomic mass is 14.2. The van der Waals surface area contributed by atoms with Gasteiger partial charge in [-0.15, -0.1) is 0 Å². The van der Waals surface area contributed by atoms with Gasteiger partial charge in [0, 0.05) is 0 Å². The topological polar surface area (TPSA) is 0 Å². The van der Waals surface area contributed by atoms with E-state index in [-0.39, 0.29) is 0 Å². The second kappa shape index (κ2) is 14.2. The van der Waals surface area contributed by atoms with Gasteiger partial charge < -0.3 is 0 Å². The Morgan fingerprint density at radius 3 is 1.28 bits per heavy atom. The lowest BCUT2D eigenvalue weighted by Crippen LogP contribution is -1.93. The normalized spacial score (nSPS) is 11.7. The van der Waals surface area contributed by atoms with Gasteiger partial charge in [0.2, 0.25) is 0 Å². The molecule has 0 saturated heterocycles. The highest BCUT2D eigenvalue weighted by Gasteiger charge is 2.20. The molecule has 0 aliphatic carbocycles. The second-order valence-electron chi connectivity index (χ2n) is 15.2. The molecule has 0 amide bonds. The van der Waals surface area contributed by atoms with Crippen molar-refractivity contribution in [2.45, 2.75) is 0 Å². The van der Waals surface area contributed by atoms with Gasteiger partial charge in [-0.2, -0.15) is 0 Å². The van der Waals surface area contributed by atoms with E-state index in [1.165, 1.54) is 109 Å². The van der Waals surface area contributed by atoms with E-state index < -0.39 is 0 Å². The smallest absolute Gasteiger partial charge is 0.00199 e. The molecular weight excluding hydrogens is 697 g/mol. The molecular formula is C58H38. The van der Waals surface area contributed by atoms with Crippen LogP contribution in [0.1, 0.15) is 11.1 Å². The minimum atomic E-state index is 1.18. The molecule has 0 N–H and O–H groups in total. The van der Waals surface area contributed by atoms with Crippen molar-refractivity contribution in [3.8, 4) is 44.5 Å². The Bertz CT molecular complexity index is 3370. The molecule has 0 unspecified atom stereocenters. The predicted molar refractivity (Wildman–Crippen MR) is 251 cm³/mol. The lowest BCUT2D eigenvalue weighted by molar-refractivity contribution is 1.61. The number of hydrogen-bond acceptors (Lipinski definition) is 0. The number of fused-ring (bicyclic) bond motifs is 5. The van der Waals surface area contributed by atoms with Gasteiger partial charge in [-0.25, -0.2) is 0 Å². The van der Waals surface area contributed by atoms with Crippen molar-refractivity contribution < 1.29 is 0 Å². The summed E-state index contributed by atoms with van der Waals surface area (Å²) in [5.41, 5.74) is 12.3. The quantitative estimate of drug-likeness (QED) is 0.118. The molecule has 11 aromatic carbocycles. The van der Waals surface area contributed by atoms with Gasteiger partial charge in [0.05, 0.1) is 0 Å². The Labute approximate surface area is 338 Å². The third-order valence-electron chi connectivity index (χ3n) is 11.8. The van der Waals surface area contributed by atoms with E-state index in [0.29, 0.717) is 0 Å². The van der Waals surface area contributed by atoms with Gasteiger partial charge in [0.15, 0.2) is 0 Å². The number of hydrogen-bond donors (Lipinski definition) is 0. The zero-order valence-corrected chi connectivity index (χ0v) is 31.9. The molecule has 0 nitrogen and oxygen atoms in total. The van der Waals surface area contributed by atoms with E-state index in [1.807, 2.05) is 0 Å². The molecule has 0 radical (unpaired) electrons. The molecule has 0 heteroatoms. The van der Waals surface area contributed by atoms with Crippen LogP contribution in [-0.2, 0) is 0 Å². The maximum atomic E-state index is 2.46. The van der Waals surface area contributed by atoms with E-state index in [2.05, 4.69) is 231 Å². The van der Waals surface area contributed by atoms with Crippen molar-refractivity contribution in [3.63, 3.8) is 0 Å². The Balaban J connectivity index is 1.16. The molecule has 11 aromatic rings. The van der Waals surface area contributed by atoms with Gasteiger partial charge in [-0.1, -0.05) is 218 Å². The minimum Gasteiger partial charge on any atom is -0.0622 e. The largest absolute Gasteiger partial charge is 0.0622 e. The number of benzene rings is 11. The predicted octanol–water partition coefficient (Wildman–Crippen LogP) is 16.3. The molecule has 0 heterocycles. The van der Waals surface area contributed by atoms with Gasteiger partial charge in [0.25, 0.3) is 0 Å². The van der Waals surface area contributed by atoms with Crippen LogP contribution in [0.4, 0.5) is 0 Å². The van der Waals surface area contributed by atoms with Gasteiger partial charge >= 0.3 is 0 Å². The van der Waals surface area contributed by atoms with Crippen LogP contribution >= 0.6 is 0 Å². The fourth-order valence-electron chi connectivity index (χ4n) is 9.19. The third kappa shape index (κ3) is 5.78. The first-order valence-corrected chi connectivity index (χ1v) is 20.1. The molecule has 0 atom stereocenters. The summed E-state index contributed by atoms with van der Waals surface area (Å²) in [4.78, 5) is 0. The molecule has 0 saturated carbocycles. The monoisotopic (exact) mass is 734 g/mol. The molecule has 0 aliphatic heterocycles. The Hall–Kier alpha value is -7.54. The van der Waals surface area contributed by atoms with Gasteiger partial charge in [0.1, 0.15) is 0 Å². The molecule has 0 spiro atoms. The van der Waals surface area contributed by atoms with Crippen LogP contribution < -0.4 is 0 Å². The van der Waals surface area contributed by atoms with E-state index in [4.69, 9.17) is 0 Å². The summed E-state index contributed by atoms with van der Waals surface area (Å²) in [5, 5.41) is 12.5. The average Bonchev–Trinajstić information content (AvgIpc) is 3.29. The minimum absolute atomic E-state index is 1.18. The standard InChI is InChI=1S/C58H38/c1-2-15-39(16-3-1)33-34-40-17-10-22-43(37-40)47-27-13-30-50-48(28-14-29-49(47)50)44-35-36-55-56(38-44)58(52-32-12-21-42-19-5-7-24-46(42)52)54-26-9-8-25-53(54)57(55)51-31-11-20-41-18-4-6-23-45(41)51/h1-38H. The Morgan fingerprint density at radius 1 is 0.224 bits per heavy atom. The van der Waals surface area contributed by atoms with Gasteiger partial charge in [-0.3, -0.25) is 0 Å². The van der Waals surface area contributed by atoms with E-state index in [9.17, 15) is 0 Å². The van der Waals surface area contributed by atoms with Crippen molar-refractivity contribution >= 4 is 66.0 Å². The number of rotatable bonds is 6. The lowest BCUT2D eigenvalue weighted by atomic mass is 9.82. The summed E-state index contributed by atoms with van der Waals surface area (Å²) in [6, 6.07) is 80.1. The van der Waals surface area contributed by atoms with E-state index in [1.54, 1.807) is 0 Å². The first-order chi connectivity index (χ1) is 28.8. The Kier molecular flexibility index (Phi) is 8.26. The summed E-state index contributed by atoms with van der Waals surface area (Å²) in [6.45, 7) is 0. The highest BCUT2D eigenvalue weighted by Crippen LogP contribution is 2.48. The van der Waals surface area contributed by atoms with Crippen molar-refractivity contribution in [2.24, 2.45) is 0 Å². The molecule has 0 aromatic heterocycles. The van der Waals surface area contributed by atoms with Crippen LogP contribution in [0.3, 0.4) is 0 Å². The molecule has 0 aliphatic rings. The lowest BCUT2D eigenvalue weighted by Gasteiger charge is -2.21. The summed E-state index contributed by atoms with van der Waals surface area (Å²) in [7, 11) is 0. The van der Waals surface area contributed by atoms with Crippen LogP contribution in [-0.4, -0.2) is 0 Å². The van der Waals surface area contributed by atoms with Crippen molar-refractivity contribution in [1.29, 1.82) is 0 Å².